The van der Waals surface area contributed by atoms with E-state index in [0.29, 0.717) is 38.1 Å². The maximum atomic E-state index is 13.9. The molecule has 1 saturated heterocycles. The van der Waals surface area contributed by atoms with Crippen molar-refractivity contribution in [3.8, 4) is 10.4 Å². The Morgan fingerprint density at radius 2 is 2.00 bits per heavy atom. The highest BCUT2D eigenvalue weighted by Gasteiger charge is 2.24. The molecule has 2 heterocycles. The summed E-state index contributed by atoms with van der Waals surface area (Å²) < 4.78 is 18.9. The largest absolute Gasteiger partial charge is 0.450 e. The van der Waals surface area contributed by atoms with Gasteiger partial charge in [-0.25, -0.2) is 9.18 Å². The summed E-state index contributed by atoms with van der Waals surface area (Å²) >= 11 is 1.43. The molecule has 2 amide bonds. The highest BCUT2D eigenvalue weighted by molar-refractivity contribution is 7.16. The standard InChI is InChI=1S/C21H23FN2O3S/c1-2-27-21(26)24-13-11-15(12-14-24)23-20(25)10-8-16-7-9-19(28-16)17-5-3-4-6-18(17)22/h3-10,15H,2,11-14H2,1H3,(H,23,25)/b10-8+. The predicted molar refractivity (Wildman–Crippen MR) is 109 cm³/mol. The molecule has 1 fully saturated rings. The number of halogens is 1. The van der Waals surface area contributed by atoms with Crippen molar-refractivity contribution in [2.24, 2.45) is 0 Å². The van der Waals surface area contributed by atoms with Crippen molar-refractivity contribution in [2.45, 2.75) is 25.8 Å². The number of nitrogens with zero attached hydrogens (tertiary/aromatic N) is 1. The van der Waals surface area contributed by atoms with Gasteiger partial charge in [-0.1, -0.05) is 18.2 Å². The minimum atomic E-state index is -0.296. The molecule has 0 spiro atoms. The van der Waals surface area contributed by atoms with Crippen LogP contribution in [0.4, 0.5) is 9.18 Å². The topological polar surface area (TPSA) is 58.6 Å². The summed E-state index contributed by atoms with van der Waals surface area (Å²) in [5.41, 5.74) is 0.560. The van der Waals surface area contributed by atoms with Crippen molar-refractivity contribution in [1.82, 2.24) is 10.2 Å². The van der Waals surface area contributed by atoms with E-state index >= 15 is 0 Å². The zero-order valence-corrected chi connectivity index (χ0v) is 16.5. The second-order valence-electron chi connectivity index (χ2n) is 6.48. The summed E-state index contributed by atoms with van der Waals surface area (Å²) in [6.45, 7) is 3.29. The molecule has 0 atom stereocenters. The second-order valence-corrected chi connectivity index (χ2v) is 7.60. The molecule has 0 bridgehead atoms. The highest BCUT2D eigenvalue weighted by atomic mass is 32.1. The van der Waals surface area contributed by atoms with Crippen LogP contribution in [-0.2, 0) is 9.53 Å². The molecule has 28 heavy (non-hydrogen) atoms. The van der Waals surface area contributed by atoms with Gasteiger partial charge in [-0.3, -0.25) is 4.79 Å². The monoisotopic (exact) mass is 402 g/mol. The predicted octanol–water partition coefficient (Wildman–Crippen LogP) is 4.30. The van der Waals surface area contributed by atoms with Crippen LogP contribution < -0.4 is 5.32 Å². The molecule has 0 aliphatic carbocycles. The van der Waals surface area contributed by atoms with Crippen LogP contribution in [0.25, 0.3) is 16.5 Å². The Balaban J connectivity index is 1.50. The van der Waals surface area contributed by atoms with Crippen LogP contribution in [0.1, 0.15) is 24.6 Å². The third-order valence-corrected chi connectivity index (χ3v) is 5.62. The minimum absolute atomic E-state index is 0.0418. The van der Waals surface area contributed by atoms with E-state index in [9.17, 15) is 14.0 Å². The maximum absolute atomic E-state index is 13.9. The smallest absolute Gasteiger partial charge is 0.409 e. The Morgan fingerprint density at radius 3 is 2.71 bits per heavy atom. The first-order valence-corrected chi connectivity index (χ1v) is 10.1. The molecule has 148 valence electrons. The third-order valence-electron chi connectivity index (χ3n) is 4.53. The zero-order chi connectivity index (χ0) is 19.9. The van der Waals surface area contributed by atoms with Crippen molar-refractivity contribution in [2.75, 3.05) is 19.7 Å². The molecule has 2 aromatic rings. The van der Waals surface area contributed by atoms with E-state index in [1.165, 1.54) is 23.5 Å². The van der Waals surface area contributed by atoms with Crippen molar-refractivity contribution in [3.63, 3.8) is 0 Å². The lowest BCUT2D eigenvalue weighted by Crippen LogP contribution is -2.46. The van der Waals surface area contributed by atoms with Crippen LogP contribution >= 0.6 is 11.3 Å². The van der Waals surface area contributed by atoms with Gasteiger partial charge in [0.25, 0.3) is 0 Å². The second kappa shape index (κ2) is 9.50. The summed E-state index contributed by atoms with van der Waals surface area (Å²) in [7, 11) is 0. The van der Waals surface area contributed by atoms with Gasteiger partial charge in [0, 0.05) is 40.5 Å². The summed E-state index contributed by atoms with van der Waals surface area (Å²) in [4.78, 5) is 27.2. The van der Waals surface area contributed by atoms with E-state index in [-0.39, 0.29) is 23.9 Å². The summed E-state index contributed by atoms with van der Waals surface area (Å²) in [5, 5.41) is 2.97. The molecular weight excluding hydrogens is 379 g/mol. The van der Waals surface area contributed by atoms with Gasteiger partial charge >= 0.3 is 6.09 Å². The average Bonchev–Trinajstić information content (AvgIpc) is 3.16. The quantitative estimate of drug-likeness (QED) is 0.759. The normalized spacial score (nSPS) is 15.0. The summed E-state index contributed by atoms with van der Waals surface area (Å²) in [6.07, 6.45) is 4.34. The number of benzene rings is 1. The van der Waals surface area contributed by atoms with Gasteiger partial charge in [-0.15, -0.1) is 11.3 Å². The van der Waals surface area contributed by atoms with Crippen molar-refractivity contribution >= 4 is 29.4 Å². The number of hydrogen-bond donors (Lipinski definition) is 1. The van der Waals surface area contributed by atoms with Crippen LogP contribution in [0, 0.1) is 5.82 Å². The molecule has 1 aromatic carbocycles. The fourth-order valence-corrected chi connectivity index (χ4v) is 4.01. The molecule has 7 heteroatoms. The number of thiophene rings is 1. The molecule has 3 rings (SSSR count). The Labute approximate surface area is 167 Å². The Bertz CT molecular complexity index is 857. The number of ether oxygens (including phenoxy) is 1. The van der Waals surface area contributed by atoms with Gasteiger partial charge in [-0.2, -0.15) is 0 Å². The Hall–Kier alpha value is -2.67. The van der Waals surface area contributed by atoms with Gasteiger partial charge in [0.1, 0.15) is 5.82 Å². The van der Waals surface area contributed by atoms with Gasteiger partial charge in [-0.05, 0) is 44.0 Å². The van der Waals surface area contributed by atoms with Crippen molar-refractivity contribution in [3.05, 3.63) is 53.2 Å². The number of rotatable bonds is 5. The lowest BCUT2D eigenvalue weighted by molar-refractivity contribution is -0.117. The van der Waals surface area contributed by atoms with Gasteiger partial charge in [0.2, 0.25) is 5.91 Å². The van der Waals surface area contributed by atoms with E-state index in [0.717, 1.165) is 9.75 Å². The molecule has 0 saturated carbocycles. The first-order chi connectivity index (χ1) is 13.6. The van der Waals surface area contributed by atoms with Crippen LogP contribution in [-0.4, -0.2) is 42.6 Å². The first kappa shape index (κ1) is 20.1. The zero-order valence-electron chi connectivity index (χ0n) is 15.7. The number of nitrogens with one attached hydrogen (secondary N) is 1. The number of likely N-dealkylation sites (tertiary alicyclic amines) is 1. The van der Waals surface area contributed by atoms with Gasteiger partial charge in [0.15, 0.2) is 0 Å². The Morgan fingerprint density at radius 1 is 1.25 bits per heavy atom. The number of carbonyl (C=O) groups excluding carboxylic acids is 2. The fraction of sp³-hybridized carbons (Fsp3) is 0.333. The van der Waals surface area contributed by atoms with E-state index < -0.39 is 0 Å². The van der Waals surface area contributed by atoms with Crippen molar-refractivity contribution in [1.29, 1.82) is 0 Å². The molecule has 1 aliphatic heterocycles. The molecule has 5 nitrogen and oxygen atoms in total. The molecular formula is C21H23FN2O3S. The average molecular weight is 402 g/mol. The molecule has 0 unspecified atom stereocenters. The number of carbonyl (C=O) groups is 2. The van der Waals surface area contributed by atoms with Gasteiger partial charge in [0.05, 0.1) is 6.61 Å². The molecule has 1 aliphatic rings. The van der Waals surface area contributed by atoms with Crippen LogP contribution in [0.3, 0.4) is 0 Å². The fourth-order valence-electron chi connectivity index (χ4n) is 3.08. The van der Waals surface area contributed by atoms with E-state index in [2.05, 4.69) is 5.32 Å². The molecule has 0 radical (unpaired) electrons. The van der Waals surface area contributed by atoms with E-state index in [1.54, 1.807) is 36.1 Å². The van der Waals surface area contributed by atoms with Crippen LogP contribution in [0.15, 0.2) is 42.5 Å². The minimum Gasteiger partial charge on any atom is -0.450 e. The number of amides is 2. The third kappa shape index (κ3) is 5.19. The lowest BCUT2D eigenvalue weighted by atomic mass is 10.1. The van der Waals surface area contributed by atoms with E-state index in [4.69, 9.17) is 4.74 Å². The van der Waals surface area contributed by atoms with E-state index in [1.807, 2.05) is 12.1 Å². The number of hydrogen-bond acceptors (Lipinski definition) is 4. The summed E-state index contributed by atoms with van der Waals surface area (Å²) in [6, 6.07) is 10.4. The first-order valence-electron chi connectivity index (χ1n) is 9.32. The Kier molecular flexibility index (Phi) is 6.81. The molecule has 1 N–H and O–H groups in total. The lowest BCUT2D eigenvalue weighted by Gasteiger charge is -2.31. The van der Waals surface area contributed by atoms with Gasteiger partial charge < -0.3 is 15.0 Å². The number of piperidine rings is 1. The maximum Gasteiger partial charge on any atom is 0.409 e. The van der Waals surface area contributed by atoms with Crippen molar-refractivity contribution < 1.29 is 18.7 Å². The van der Waals surface area contributed by atoms with Crippen LogP contribution in [0.5, 0.6) is 0 Å². The van der Waals surface area contributed by atoms with Crippen LogP contribution in [0.2, 0.25) is 0 Å². The summed E-state index contributed by atoms with van der Waals surface area (Å²) in [5.74, 6) is -0.429. The SMILES string of the molecule is CCOC(=O)N1CCC(NC(=O)/C=C/c2ccc(-c3ccccc3F)s2)CC1. The molecule has 1 aromatic heterocycles. The highest BCUT2D eigenvalue weighted by Crippen LogP contribution is 2.30.